The third-order valence-electron chi connectivity index (χ3n) is 3.64. The number of aromatic nitrogens is 1. The van der Waals surface area contributed by atoms with Gasteiger partial charge in [-0.1, -0.05) is 29.8 Å². The Kier molecular flexibility index (Phi) is 4.52. The number of nitrogens with one attached hydrogen (secondary N) is 3. The van der Waals surface area contributed by atoms with Crippen molar-refractivity contribution in [1.82, 2.24) is 15.2 Å². The largest absolute Gasteiger partial charge is 0.336 e. The number of pyridine rings is 1. The zero-order chi connectivity index (χ0) is 17.1. The minimum atomic E-state index is -0.638. The highest BCUT2D eigenvalue weighted by Gasteiger charge is 2.26. The molecule has 0 aliphatic carbocycles. The van der Waals surface area contributed by atoms with Crippen LogP contribution in [0.15, 0.2) is 47.4 Å². The molecule has 8 heteroatoms. The van der Waals surface area contributed by atoms with E-state index in [0.29, 0.717) is 17.3 Å². The van der Waals surface area contributed by atoms with E-state index in [-0.39, 0.29) is 24.0 Å². The highest BCUT2D eigenvalue weighted by Crippen LogP contribution is 2.16. The van der Waals surface area contributed by atoms with Crippen LogP contribution in [0.25, 0.3) is 0 Å². The number of hydrogen-bond donors (Lipinski definition) is 3. The Morgan fingerprint density at radius 1 is 1.25 bits per heavy atom. The van der Waals surface area contributed by atoms with Crippen LogP contribution < -0.4 is 21.5 Å². The second-order valence-electron chi connectivity index (χ2n) is 5.37. The van der Waals surface area contributed by atoms with Crippen LogP contribution in [-0.4, -0.2) is 29.1 Å². The van der Waals surface area contributed by atoms with E-state index >= 15 is 0 Å². The van der Waals surface area contributed by atoms with Crippen LogP contribution >= 0.6 is 11.6 Å². The number of carbonyl (C=O) groups excluding carboxylic acids is 2. The molecule has 0 spiro atoms. The fourth-order valence-corrected chi connectivity index (χ4v) is 2.58. The highest BCUT2D eigenvalue weighted by atomic mass is 35.5. The molecule has 0 bridgehead atoms. The average molecular weight is 347 g/mol. The van der Waals surface area contributed by atoms with E-state index in [1.807, 2.05) is 18.2 Å². The third kappa shape index (κ3) is 3.57. The van der Waals surface area contributed by atoms with E-state index in [0.717, 1.165) is 5.56 Å². The summed E-state index contributed by atoms with van der Waals surface area (Å²) in [6.45, 7) is 0.522. The fraction of sp³-hybridized carbons (Fsp3) is 0.188. The molecule has 2 aromatic rings. The summed E-state index contributed by atoms with van der Waals surface area (Å²) in [7, 11) is 0. The lowest BCUT2D eigenvalue weighted by atomic mass is 10.2. The second-order valence-corrected chi connectivity index (χ2v) is 5.78. The maximum Gasteiger partial charge on any atom is 0.315 e. The predicted molar refractivity (Wildman–Crippen MR) is 90.2 cm³/mol. The van der Waals surface area contributed by atoms with E-state index in [9.17, 15) is 14.4 Å². The van der Waals surface area contributed by atoms with Gasteiger partial charge in [0.15, 0.2) is 0 Å². The van der Waals surface area contributed by atoms with Crippen molar-refractivity contribution in [2.75, 3.05) is 11.9 Å². The number of carbonyl (C=O) groups is 2. The van der Waals surface area contributed by atoms with Gasteiger partial charge in [-0.15, -0.1) is 0 Å². The molecule has 1 saturated heterocycles. The monoisotopic (exact) mass is 346 g/mol. The molecule has 3 N–H and O–H groups in total. The van der Waals surface area contributed by atoms with Crippen LogP contribution in [0, 0.1) is 0 Å². The van der Waals surface area contributed by atoms with Gasteiger partial charge in [0.2, 0.25) is 5.91 Å². The number of amides is 3. The molecular formula is C16H15ClN4O3. The lowest BCUT2D eigenvalue weighted by Gasteiger charge is -2.12. The minimum absolute atomic E-state index is 0.205. The van der Waals surface area contributed by atoms with Gasteiger partial charge in [0.25, 0.3) is 5.56 Å². The van der Waals surface area contributed by atoms with Crippen LogP contribution in [-0.2, 0) is 11.3 Å². The molecule has 3 amide bonds. The zero-order valence-electron chi connectivity index (χ0n) is 12.6. The number of benzene rings is 1. The standard InChI is InChI=1S/C16H15ClN4O3/c17-12-4-2-1-3-10(12)8-21-9-11(5-6-14(21)22)19-15(23)13-7-18-16(24)20-13/h1-6,9,13H,7-8H2,(H,19,23)(H2,18,20,24)/t13-/m1/s1. The first-order valence-electron chi connectivity index (χ1n) is 7.32. The van der Waals surface area contributed by atoms with Gasteiger partial charge in [0, 0.05) is 23.8 Å². The molecule has 7 nitrogen and oxygen atoms in total. The van der Waals surface area contributed by atoms with Crippen LogP contribution in [0.3, 0.4) is 0 Å². The van der Waals surface area contributed by atoms with E-state index < -0.39 is 6.04 Å². The van der Waals surface area contributed by atoms with Crippen molar-refractivity contribution >= 4 is 29.2 Å². The Labute approximate surface area is 142 Å². The Morgan fingerprint density at radius 3 is 2.75 bits per heavy atom. The maximum atomic E-state index is 12.1. The number of rotatable bonds is 4. The second kappa shape index (κ2) is 6.76. The average Bonchev–Trinajstić information content (AvgIpc) is 2.99. The molecule has 0 unspecified atom stereocenters. The molecule has 1 fully saturated rings. The first-order chi connectivity index (χ1) is 11.5. The lowest BCUT2D eigenvalue weighted by Crippen LogP contribution is -2.38. The van der Waals surface area contributed by atoms with Gasteiger partial charge in [-0.25, -0.2) is 4.79 Å². The summed E-state index contributed by atoms with van der Waals surface area (Å²) in [4.78, 5) is 35.2. The van der Waals surface area contributed by atoms with Crippen molar-refractivity contribution < 1.29 is 9.59 Å². The molecule has 0 saturated carbocycles. The van der Waals surface area contributed by atoms with Gasteiger partial charge >= 0.3 is 6.03 Å². The number of hydrogen-bond acceptors (Lipinski definition) is 3. The maximum absolute atomic E-state index is 12.1. The topological polar surface area (TPSA) is 92.2 Å². The Hall–Kier alpha value is -2.80. The van der Waals surface area contributed by atoms with Crippen LogP contribution in [0.1, 0.15) is 5.56 Å². The first-order valence-corrected chi connectivity index (χ1v) is 7.70. The van der Waals surface area contributed by atoms with Crippen molar-refractivity contribution in [3.05, 3.63) is 63.5 Å². The quantitative estimate of drug-likeness (QED) is 0.776. The van der Waals surface area contributed by atoms with Crippen molar-refractivity contribution in [1.29, 1.82) is 0 Å². The molecule has 1 atom stereocenters. The van der Waals surface area contributed by atoms with E-state index in [1.54, 1.807) is 12.3 Å². The summed E-state index contributed by atoms with van der Waals surface area (Å²) in [5.41, 5.74) is 1.06. The molecule has 1 aromatic heterocycles. The Balaban J connectivity index is 1.76. The predicted octanol–water partition coefficient (Wildman–Crippen LogP) is 1.17. The minimum Gasteiger partial charge on any atom is -0.336 e. The smallest absolute Gasteiger partial charge is 0.315 e. The van der Waals surface area contributed by atoms with Gasteiger partial charge in [-0.3, -0.25) is 9.59 Å². The summed E-state index contributed by atoms with van der Waals surface area (Å²) in [6, 6.07) is 9.12. The molecule has 0 radical (unpaired) electrons. The lowest BCUT2D eigenvalue weighted by molar-refractivity contribution is -0.117. The summed E-state index contributed by atoms with van der Waals surface area (Å²) >= 11 is 6.12. The number of anilines is 1. The van der Waals surface area contributed by atoms with Crippen LogP contribution in [0.2, 0.25) is 5.02 Å². The van der Waals surface area contributed by atoms with Gasteiger partial charge in [-0.2, -0.15) is 0 Å². The van der Waals surface area contributed by atoms with Crippen molar-refractivity contribution in [3.63, 3.8) is 0 Å². The third-order valence-corrected chi connectivity index (χ3v) is 4.01. The van der Waals surface area contributed by atoms with Gasteiger partial charge in [-0.05, 0) is 17.7 Å². The molecular weight excluding hydrogens is 332 g/mol. The Bertz CT molecular complexity index is 849. The Morgan fingerprint density at radius 2 is 2.04 bits per heavy atom. The normalized spacial score (nSPS) is 16.4. The van der Waals surface area contributed by atoms with Gasteiger partial charge in [0.1, 0.15) is 6.04 Å². The van der Waals surface area contributed by atoms with Crippen LogP contribution in [0.5, 0.6) is 0 Å². The number of urea groups is 1. The summed E-state index contributed by atoms with van der Waals surface area (Å²) in [6.07, 6.45) is 1.55. The SMILES string of the molecule is O=C1NC[C@H](C(=O)Nc2ccc(=O)n(Cc3ccccc3Cl)c2)N1. The first kappa shape index (κ1) is 16.1. The van der Waals surface area contributed by atoms with E-state index in [2.05, 4.69) is 16.0 Å². The summed E-state index contributed by atoms with van der Waals surface area (Å²) < 4.78 is 1.46. The van der Waals surface area contributed by atoms with Crippen molar-refractivity contribution in [2.24, 2.45) is 0 Å². The van der Waals surface area contributed by atoms with Crippen LogP contribution in [0.4, 0.5) is 10.5 Å². The summed E-state index contributed by atoms with van der Waals surface area (Å²) in [5.74, 6) is -0.351. The highest BCUT2D eigenvalue weighted by molar-refractivity contribution is 6.31. The van der Waals surface area contributed by atoms with Crippen molar-refractivity contribution in [2.45, 2.75) is 12.6 Å². The molecule has 1 aliphatic heterocycles. The van der Waals surface area contributed by atoms with Crippen molar-refractivity contribution in [3.8, 4) is 0 Å². The molecule has 2 heterocycles. The molecule has 124 valence electrons. The van der Waals surface area contributed by atoms with E-state index in [4.69, 9.17) is 11.6 Å². The zero-order valence-corrected chi connectivity index (χ0v) is 13.3. The summed E-state index contributed by atoms with van der Waals surface area (Å²) in [5, 5.41) is 8.27. The molecule has 1 aromatic carbocycles. The molecule has 3 rings (SSSR count). The number of nitrogens with zero attached hydrogens (tertiary/aromatic N) is 1. The van der Waals surface area contributed by atoms with Gasteiger partial charge < -0.3 is 20.5 Å². The van der Waals surface area contributed by atoms with Gasteiger partial charge in [0.05, 0.1) is 12.2 Å². The van der Waals surface area contributed by atoms with E-state index in [1.165, 1.54) is 16.7 Å². The number of halogens is 1. The molecule has 24 heavy (non-hydrogen) atoms. The molecule has 1 aliphatic rings. The fourth-order valence-electron chi connectivity index (χ4n) is 2.38.